The quantitative estimate of drug-likeness (QED) is 0.0434. The number of nitrogens with zero attached hydrogens (tertiary/aromatic N) is 6. The number of aromatic nitrogens is 3. The van der Waals surface area contributed by atoms with Gasteiger partial charge >= 0.3 is 0 Å². The third-order valence-electron chi connectivity index (χ3n) is 25.0. The average Bonchev–Trinajstić information content (AvgIpc) is 1.64. The molecule has 0 atom stereocenters. The second kappa shape index (κ2) is 34.8. The third-order valence-corrected chi connectivity index (χ3v) is 25.0. The first-order chi connectivity index (χ1) is 55.5. The van der Waals surface area contributed by atoms with Crippen LogP contribution in [-0.4, -0.2) is 87.3 Å². The zero-order valence-corrected chi connectivity index (χ0v) is 73.4. The first-order valence-corrected chi connectivity index (χ1v) is 42.3. The molecule has 0 fully saturated rings. The molecule has 9 aliphatic heterocycles. The highest BCUT2D eigenvalue weighted by Gasteiger charge is 2.37. The van der Waals surface area contributed by atoms with Gasteiger partial charge in [-0.2, -0.15) is 0 Å². The molecule has 0 bridgehead atoms. The number of carbonyl (C=O) groups excluding carboxylic acids is 3. The SMILES string of the molecule is CCC1=C(C)C(/C=C2\NC(=O)C(C)=C2CC)=NC/1=C\c1[nH]c(/C=C2\N=C(OCC(C)(COC3=N/C(=C/c4[nH]c(/C=C5N=C(/C=C6\NC(=O)C(C)=C6CC)C(C)=C\5CC)c(CC)c4C)C(CC)=C3C)COC3=N/C(=C/c4[nH]c(/C=C5N=C(/C=C6\NC(=O)C(C)=C6CC)C(C)=C\5CC)c(CC)c4C)C(CC)=C3C)C(C)=C2CC)c(C)c1CC. The summed E-state index contributed by atoms with van der Waals surface area (Å²) < 4.78 is 21.2. The Kier molecular flexibility index (Phi) is 25.3. The van der Waals surface area contributed by atoms with Crippen molar-refractivity contribution in [1.29, 1.82) is 0 Å². The maximum atomic E-state index is 12.8. The van der Waals surface area contributed by atoms with Gasteiger partial charge in [-0.1, -0.05) is 83.1 Å². The number of ether oxygens (including phenoxy) is 3. The monoisotopic (exact) mass is 1560 g/mol. The zero-order chi connectivity index (χ0) is 83.8. The van der Waals surface area contributed by atoms with Crippen molar-refractivity contribution >= 4 is 89.0 Å². The minimum atomic E-state index is -0.797. The van der Waals surface area contributed by atoms with Gasteiger partial charge in [0.2, 0.25) is 17.7 Å². The van der Waals surface area contributed by atoms with Crippen molar-refractivity contribution in [2.45, 2.75) is 250 Å². The Labute approximate surface area is 687 Å². The molecular weight excluding hydrogens is 1440 g/mol. The van der Waals surface area contributed by atoms with E-state index in [2.05, 4.69) is 220 Å². The van der Waals surface area contributed by atoms with Crippen LogP contribution in [0.3, 0.4) is 0 Å². The standard InChI is InChI=1S/C98H120N12O6/c1-26-62-50(13)74(38-86-68(32-7)56(19)92(111)105-86)99-80(62)44-83-65(29-4)53(16)77(102-83)41-89-71(35-10)59(22)95(108-89)114-47-98(25,48-115-96-60(23)72(36-11)90(109-96)42-78-54(17)66(30-5)84(103-78)45-81-63(27-2)51(14)75(100-81)39-87-69(33-8)57(20)93(112)106-87)49-116-97-61(24)73(37-12)91(110-97)43-79-55(18)67(31-6)85(104-79)46-82-64(28-3)52(15)76(101-82)40-88-70(34-9)58(21)94(113)107-88/h38-46,102-104H,26-37,47-49H2,1-25H3,(H,105,111)(H,106,112)(H,107,113)/b80-44-,81-45-,82-46-,86-38-,87-39-,88-40-,89-41-,90-42+,91-43+. The van der Waals surface area contributed by atoms with Crippen LogP contribution < -0.4 is 16.0 Å². The molecule has 0 saturated heterocycles. The Balaban J connectivity index is 0.859. The van der Waals surface area contributed by atoms with Crippen molar-refractivity contribution in [2.75, 3.05) is 19.8 Å². The number of H-pyrrole nitrogens is 3. The van der Waals surface area contributed by atoms with E-state index in [-0.39, 0.29) is 37.5 Å². The lowest BCUT2D eigenvalue weighted by molar-refractivity contribution is -0.117. The van der Waals surface area contributed by atoms with Gasteiger partial charge in [-0.05, 0) is 322 Å². The molecule has 18 nitrogen and oxygen atoms in total. The lowest BCUT2D eigenvalue weighted by atomic mass is 9.94. The normalized spacial score (nSPS) is 21.4. The van der Waals surface area contributed by atoms with Crippen molar-refractivity contribution in [3.8, 4) is 0 Å². The molecule has 12 heterocycles. The molecule has 3 aromatic heterocycles. The van der Waals surface area contributed by atoms with Gasteiger partial charge in [0, 0.05) is 84.7 Å². The molecule has 0 unspecified atom stereocenters. The van der Waals surface area contributed by atoms with Gasteiger partial charge in [0.1, 0.15) is 19.8 Å². The number of allylic oxidation sites excluding steroid dienone is 15. The number of aliphatic imine (C=N–C) groups is 6. The fraction of sp³-hybridized carbons (Fsp3) is 0.418. The fourth-order valence-electron chi connectivity index (χ4n) is 17.8. The summed E-state index contributed by atoms with van der Waals surface area (Å²) in [5, 5.41) is 9.25. The molecular formula is C98H120N12O6. The summed E-state index contributed by atoms with van der Waals surface area (Å²) in [5.74, 6) is 1.50. The summed E-state index contributed by atoms with van der Waals surface area (Å²) in [6.45, 7) is 53.4. The maximum absolute atomic E-state index is 12.8. The van der Waals surface area contributed by atoms with Gasteiger partial charge in [0.15, 0.2) is 0 Å². The number of carbonyl (C=O) groups is 3. The summed E-state index contributed by atoms with van der Waals surface area (Å²) >= 11 is 0. The predicted molar refractivity (Wildman–Crippen MR) is 479 cm³/mol. The maximum Gasteiger partial charge on any atom is 0.251 e. The molecule has 0 saturated carbocycles. The number of nitrogens with one attached hydrogen (secondary N) is 6. The summed E-state index contributed by atoms with van der Waals surface area (Å²) in [6.07, 6.45) is 28.5. The Morgan fingerprint density at radius 1 is 0.267 bits per heavy atom. The summed E-state index contributed by atoms with van der Waals surface area (Å²) in [6, 6.07) is 0. The molecule has 9 aliphatic rings. The van der Waals surface area contributed by atoms with Gasteiger partial charge < -0.3 is 45.1 Å². The van der Waals surface area contributed by atoms with E-state index in [9.17, 15) is 14.4 Å². The second-order valence-corrected chi connectivity index (χ2v) is 32.0. The first kappa shape index (κ1) is 84.4. The third kappa shape index (κ3) is 16.0. The molecule has 116 heavy (non-hydrogen) atoms. The molecule has 3 amide bonds. The summed E-state index contributed by atoms with van der Waals surface area (Å²) in [7, 11) is 0. The fourth-order valence-corrected chi connectivity index (χ4v) is 17.8. The highest BCUT2D eigenvalue weighted by atomic mass is 16.5. The van der Waals surface area contributed by atoms with E-state index in [1.807, 2.05) is 39.0 Å². The van der Waals surface area contributed by atoms with Crippen molar-refractivity contribution in [3.05, 3.63) is 237 Å². The highest BCUT2D eigenvalue weighted by molar-refractivity contribution is 6.16. The van der Waals surface area contributed by atoms with Crippen LogP contribution in [0.1, 0.15) is 278 Å². The van der Waals surface area contributed by atoms with Crippen LogP contribution in [0.15, 0.2) is 200 Å². The van der Waals surface area contributed by atoms with Crippen LogP contribution in [0.2, 0.25) is 0 Å². The van der Waals surface area contributed by atoms with E-state index >= 15 is 0 Å². The van der Waals surface area contributed by atoms with E-state index in [4.69, 9.17) is 44.2 Å². The van der Waals surface area contributed by atoms with Gasteiger partial charge in [0.25, 0.3) is 17.7 Å². The van der Waals surface area contributed by atoms with Gasteiger partial charge in [-0.15, -0.1) is 0 Å². The Bertz CT molecular complexity index is 5030. The molecule has 0 aliphatic carbocycles. The molecule has 608 valence electrons. The van der Waals surface area contributed by atoms with Crippen LogP contribution in [0.4, 0.5) is 0 Å². The molecule has 0 spiro atoms. The van der Waals surface area contributed by atoms with E-state index < -0.39 is 5.41 Å². The van der Waals surface area contributed by atoms with Gasteiger partial charge in [-0.25, -0.2) is 30.0 Å². The minimum Gasteiger partial charge on any atom is -0.477 e. The zero-order valence-electron chi connectivity index (χ0n) is 73.4. The lowest BCUT2D eigenvalue weighted by Gasteiger charge is -2.29. The van der Waals surface area contributed by atoms with Crippen LogP contribution in [0, 0.1) is 26.2 Å². The first-order valence-electron chi connectivity index (χ1n) is 42.3. The Hall–Kier alpha value is -11.0. The van der Waals surface area contributed by atoms with Crippen molar-refractivity contribution in [3.63, 3.8) is 0 Å². The van der Waals surface area contributed by atoms with Crippen molar-refractivity contribution in [1.82, 2.24) is 30.9 Å². The second-order valence-electron chi connectivity index (χ2n) is 32.0. The van der Waals surface area contributed by atoms with E-state index in [1.165, 1.54) is 33.4 Å². The topological polar surface area (TPSA) is 237 Å². The van der Waals surface area contributed by atoms with Crippen molar-refractivity contribution < 1.29 is 28.6 Å². The van der Waals surface area contributed by atoms with Gasteiger partial charge in [-0.3, -0.25) is 14.4 Å². The van der Waals surface area contributed by atoms with Crippen LogP contribution in [0.25, 0.3) is 36.5 Å². The Morgan fingerprint density at radius 2 is 0.483 bits per heavy atom. The number of rotatable bonds is 27. The minimum absolute atomic E-state index is 0.0514. The van der Waals surface area contributed by atoms with E-state index in [1.54, 1.807) is 0 Å². The molecule has 6 N–H and O–H groups in total. The van der Waals surface area contributed by atoms with Crippen LogP contribution in [0.5, 0.6) is 0 Å². The Morgan fingerprint density at radius 3 is 0.707 bits per heavy atom. The smallest absolute Gasteiger partial charge is 0.251 e. The van der Waals surface area contributed by atoms with Crippen LogP contribution in [-0.2, 0) is 47.9 Å². The summed E-state index contributed by atoms with van der Waals surface area (Å²) in [5.41, 5.74) is 41.0. The molecule has 0 aromatic carbocycles. The van der Waals surface area contributed by atoms with Crippen molar-refractivity contribution in [2.24, 2.45) is 35.4 Å². The van der Waals surface area contributed by atoms with E-state index in [0.29, 0.717) is 17.7 Å². The van der Waals surface area contributed by atoms with E-state index in [0.717, 1.165) is 280 Å². The molecule has 18 heteroatoms. The van der Waals surface area contributed by atoms with Gasteiger partial charge in [0.05, 0.1) is 56.7 Å². The number of hydrogen-bond donors (Lipinski definition) is 6. The average molecular weight is 1560 g/mol. The highest BCUT2D eigenvalue weighted by Crippen LogP contribution is 2.42. The van der Waals surface area contributed by atoms with Crippen LogP contribution >= 0.6 is 0 Å². The summed E-state index contributed by atoms with van der Waals surface area (Å²) in [4.78, 5) is 81.4. The molecule has 12 rings (SSSR count). The largest absolute Gasteiger partial charge is 0.477 e. The number of hydrogen-bond acceptors (Lipinski definition) is 12. The predicted octanol–water partition coefficient (Wildman–Crippen LogP) is 22.0. The number of aromatic amines is 3. The number of amides is 3. The lowest BCUT2D eigenvalue weighted by Crippen LogP contribution is -2.37. The molecule has 0 radical (unpaired) electrons. The molecule has 3 aromatic rings.